The van der Waals surface area contributed by atoms with Crippen LogP contribution in [0.3, 0.4) is 0 Å². The average molecular weight is 540 g/mol. The Labute approximate surface area is 213 Å². The highest BCUT2D eigenvalue weighted by atomic mass is 32.2. The van der Waals surface area contributed by atoms with Crippen LogP contribution in [0.2, 0.25) is 0 Å². The second-order valence-electron chi connectivity index (χ2n) is 9.49. The molecule has 3 aliphatic rings. The molecule has 2 amide bonds. The van der Waals surface area contributed by atoms with E-state index in [2.05, 4.69) is 5.32 Å². The van der Waals surface area contributed by atoms with Crippen LogP contribution in [0.4, 0.5) is 13.2 Å². The normalized spacial score (nSPS) is 18.8. The van der Waals surface area contributed by atoms with E-state index in [1.54, 1.807) is 23.1 Å². The second-order valence-corrected chi connectivity index (χ2v) is 11.4. The predicted octanol–water partition coefficient (Wildman–Crippen LogP) is 2.89. The summed E-state index contributed by atoms with van der Waals surface area (Å²) in [6, 6.07) is 11.1. The number of alkyl halides is 3. The topological polar surface area (TPSA) is 96.0 Å². The van der Waals surface area contributed by atoms with Crippen molar-refractivity contribution in [1.82, 2.24) is 14.5 Å². The lowest BCUT2D eigenvalue weighted by Gasteiger charge is -2.53. The minimum absolute atomic E-state index is 0.0377. The Morgan fingerprint density at radius 3 is 2.24 bits per heavy atom. The van der Waals surface area contributed by atoms with Crippen LogP contribution < -0.4 is 5.32 Å². The van der Waals surface area contributed by atoms with E-state index in [4.69, 9.17) is 4.74 Å². The quantitative estimate of drug-likeness (QED) is 0.570. The van der Waals surface area contributed by atoms with Crippen LogP contribution >= 0.6 is 0 Å². The van der Waals surface area contributed by atoms with Crippen LogP contribution in [0.15, 0.2) is 53.4 Å². The summed E-state index contributed by atoms with van der Waals surface area (Å²) in [6.45, 7) is 4.06. The van der Waals surface area contributed by atoms with Crippen LogP contribution in [0.25, 0.3) is 0 Å². The number of hydrogen-bond acceptors (Lipinski definition) is 5. The Kier molecular flexibility index (Phi) is 7.91. The summed E-state index contributed by atoms with van der Waals surface area (Å²) in [5.74, 6) is -0.0768. The van der Waals surface area contributed by atoms with Gasteiger partial charge in [0.2, 0.25) is 16.4 Å². The largest absolute Gasteiger partial charge is 0.416 e. The molecule has 0 saturated carbocycles. The molecule has 0 aliphatic carbocycles. The maximum Gasteiger partial charge on any atom is 0.416 e. The number of halogens is 3. The maximum atomic E-state index is 12.7. The molecule has 3 heterocycles. The van der Waals surface area contributed by atoms with E-state index in [-0.39, 0.29) is 22.8 Å². The second kappa shape index (κ2) is 10.8. The van der Waals surface area contributed by atoms with Gasteiger partial charge in [-0.3, -0.25) is 9.59 Å². The number of ether oxygens (including phenoxy) is 1. The Bertz CT molecular complexity index is 1220. The van der Waals surface area contributed by atoms with Gasteiger partial charge in [-0.1, -0.05) is 18.2 Å². The minimum atomic E-state index is -4.31. The molecule has 8 nitrogen and oxygen atoms in total. The van der Waals surface area contributed by atoms with Crippen LogP contribution in [0, 0.1) is 5.41 Å². The molecule has 37 heavy (non-hydrogen) atoms. The monoisotopic (exact) mass is 539 g/mol. The number of rotatable bonds is 6. The van der Waals surface area contributed by atoms with Crippen molar-refractivity contribution in [2.75, 3.05) is 39.4 Å². The molecule has 3 aliphatic heterocycles. The van der Waals surface area contributed by atoms with Gasteiger partial charge in [0.05, 0.1) is 23.7 Å². The Morgan fingerprint density at radius 1 is 1.05 bits per heavy atom. The molecular formula is C25H28F3N3O5S. The third kappa shape index (κ3) is 6.13. The van der Waals surface area contributed by atoms with E-state index in [0.717, 1.165) is 38.1 Å². The number of hydrogen-bond donors (Lipinski definition) is 1. The number of sulfonamides is 1. The number of amides is 2. The smallest absolute Gasteiger partial charge is 0.380 e. The van der Waals surface area contributed by atoms with E-state index in [1.807, 2.05) is 0 Å². The zero-order valence-electron chi connectivity index (χ0n) is 20.0. The van der Waals surface area contributed by atoms with Crippen molar-refractivity contribution in [2.24, 2.45) is 5.41 Å². The molecule has 0 atom stereocenters. The van der Waals surface area contributed by atoms with Gasteiger partial charge in [-0.2, -0.15) is 17.5 Å². The Hall–Kier alpha value is -2.96. The fourth-order valence-electron chi connectivity index (χ4n) is 4.46. The van der Waals surface area contributed by atoms with Crippen LogP contribution in [-0.4, -0.2) is 69.3 Å². The number of benzene rings is 2. The standard InChI is InChI=1S/C16H20N2O4S.C9H8F3NO/c19-15(17-6-1-2-7-17)13-4-3-5-14(8-13)23(20,21)18-9-16(10-18)11-22-12-16;10-9(11,12)8-3-1-7(2-4-8)5-13-6-14/h3-5,8H,1-2,6-7,9-12H2;1-4,6H,5H2,(H,13,14). The number of carbonyl (C=O) groups is 2. The van der Waals surface area contributed by atoms with E-state index < -0.39 is 21.8 Å². The average Bonchev–Trinajstić information content (AvgIpc) is 3.36. The SMILES string of the molecule is O=C(c1cccc(S(=O)(=O)N2CC3(COC3)C2)c1)N1CCCC1.O=CNCc1ccc(C(F)(F)F)cc1. The molecule has 1 spiro atoms. The number of carbonyl (C=O) groups excluding carboxylic acids is 2. The minimum Gasteiger partial charge on any atom is -0.380 e. The first kappa shape index (κ1) is 27.1. The van der Waals surface area contributed by atoms with Crippen molar-refractivity contribution < 1.29 is 35.9 Å². The van der Waals surface area contributed by atoms with Crippen LogP contribution in [0.1, 0.15) is 34.3 Å². The summed E-state index contributed by atoms with van der Waals surface area (Å²) in [5, 5.41) is 2.36. The summed E-state index contributed by atoms with van der Waals surface area (Å²) in [5.41, 5.74) is 0.434. The van der Waals surface area contributed by atoms with Crippen molar-refractivity contribution in [1.29, 1.82) is 0 Å². The van der Waals surface area contributed by atoms with E-state index >= 15 is 0 Å². The van der Waals surface area contributed by atoms with E-state index in [9.17, 15) is 31.2 Å². The molecule has 0 bridgehead atoms. The molecule has 0 aromatic heterocycles. The van der Waals surface area contributed by atoms with Gasteiger partial charge in [-0.15, -0.1) is 0 Å². The van der Waals surface area contributed by atoms with Gasteiger partial charge in [0, 0.05) is 43.7 Å². The molecule has 1 N–H and O–H groups in total. The van der Waals surface area contributed by atoms with Gasteiger partial charge in [0.25, 0.3) is 5.91 Å². The molecule has 200 valence electrons. The zero-order chi connectivity index (χ0) is 26.7. The van der Waals surface area contributed by atoms with Crippen molar-refractivity contribution in [2.45, 2.75) is 30.5 Å². The molecule has 12 heteroatoms. The highest BCUT2D eigenvalue weighted by Gasteiger charge is 2.53. The predicted molar refractivity (Wildman–Crippen MR) is 128 cm³/mol. The lowest BCUT2D eigenvalue weighted by molar-refractivity contribution is -0.166. The van der Waals surface area contributed by atoms with E-state index in [1.165, 1.54) is 22.5 Å². The number of nitrogens with zero attached hydrogens (tertiary/aromatic N) is 2. The molecule has 2 aromatic carbocycles. The van der Waals surface area contributed by atoms with Gasteiger partial charge in [-0.25, -0.2) is 8.42 Å². The van der Waals surface area contributed by atoms with Gasteiger partial charge in [-0.05, 0) is 48.7 Å². The van der Waals surface area contributed by atoms with Gasteiger partial charge in [0.15, 0.2) is 0 Å². The summed E-state index contributed by atoms with van der Waals surface area (Å²) >= 11 is 0. The zero-order valence-corrected chi connectivity index (χ0v) is 20.9. The van der Waals surface area contributed by atoms with Crippen molar-refractivity contribution in [3.63, 3.8) is 0 Å². The van der Waals surface area contributed by atoms with E-state index in [0.29, 0.717) is 43.8 Å². The molecular weight excluding hydrogens is 511 g/mol. The first-order valence-electron chi connectivity index (χ1n) is 11.8. The van der Waals surface area contributed by atoms with Crippen LogP contribution in [0.5, 0.6) is 0 Å². The lowest BCUT2D eigenvalue weighted by Crippen LogP contribution is -2.66. The molecule has 0 unspecified atom stereocenters. The Morgan fingerprint density at radius 2 is 1.70 bits per heavy atom. The molecule has 0 radical (unpaired) electrons. The third-order valence-electron chi connectivity index (χ3n) is 6.62. The Balaban J connectivity index is 0.000000197. The van der Waals surface area contributed by atoms with Gasteiger partial charge in [0.1, 0.15) is 0 Å². The summed E-state index contributed by atoms with van der Waals surface area (Å²) in [4.78, 5) is 24.3. The first-order valence-corrected chi connectivity index (χ1v) is 13.3. The molecule has 3 fully saturated rings. The molecule has 3 saturated heterocycles. The summed E-state index contributed by atoms with van der Waals surface area (Å²) in [7, 11) is -3.52. The van der Waals surface area contributed by atoms with Crippen LogP contribution in [-0.2, 0) is 32.3 Å². The molecule has 2 aromatic rings. The first-order chi connectivity index (χ1) is 17.5. The van der Waals surface area contributed by atoms with Crippen molar-refractivity contribution in [3.05, 3.63) is 65.2 Å². The van der Waals surface area contributed by atoms with Crippen molar-refractivity contribution >= 4 is 22.3 Å². The summed E-state index contributed by atoms with van der Waals surface area (Å²) < 4.78 is 68.4. The fraction of sp³-hybridized carbons (Fsp3) is 0.440. The number of nitrogens with one attached hydrogen (secondary N) is 1. The van der Waals surface area contributed by atoms with Gasteiger partial charge < -0.3 is 15.0 Å². The van der Waals surface area contributed by atoms with Crippen molar-refractivity contribution in [3.8, 4) is 0 Å². The third-order valence-corrected chi connectivity index (χ3v) is 8.41. The highest BCUT2D eigenvalue weighted by molar-refractivity contribution is 7.89. The summed E-state index contributed by atoms with van der Waals surface area (Å²) in [6.07, 6.45) is -1.78. The lowest BCUT2D eigenvalue weighted by atomic mass is 9.80. The van der Waals surface area contributed by atoms with Gasteiger partial charge >= 0.3 is 6.18 Å². The highest BCUT2D eigenvalue weighted by Crippen LogP contribution is 2.40. The maximum absolute atomic E-state index is 12.7. The molecule has 5 rings (SSSR count). The number of likely N-dealkylation sites (tertiary alicyclic amines) is 1. The fourth-order valence-corrected chi connectivity index (χ4v) is 6.17.